The highest BCUT2D eigenvalue weighted by atomic mass is 19.1. The molecule has 1 amide bonds. The van der Waals surface area contributed by atoms with Crippen molar-refractivity contribution in [1.29, 1.82) is 0 Å². The van der Waals surface area contributed by atoms with Crippen LogP contribution in [0.1, 0.15) is 10.4 Å². The number of ether oxygens (including phenoxy) is 1. The van der Waals surface area contributed by atoms with Crippen molar-refractivity contribution < 1.29 is 18.8 Å². The fraction of sp³-hybridized carbons (Fsp3) is 0.417. The molecule has 1 unspecified atom stereocenters. The number of nitrogens with zero attached hydrogens (tertiary/aromatic N) is 2. The van der Waals surface area contributed by atoms with E-state index >= 15 is 0 Å². The standard InChI is InChI=1S/C12H14FN3O4/c13-11-5-8(16(18)19)1-2-10(11)12(17)15-3-4-20-9(6-14)7-15/h1-2,5,9H,3-4,6-7,14H2. The van der Waals surface area contributed by atoms with Crippen molar-refractivity contribution in [3.05, 3.63) is 39.7 Å². The van der Waals surface area contributed by atoms with Gasteiger partial charge < -0.3 is 15.4 Å². The van der Waals surface area contributed by atoms with Gasteiger partial charge in [-0.1, -0.05) is 0 Å². The molecule has 0 bridgehead atoms. The molecule has 7 nitrogen and oxygen atoms in total. The van der Waals surface area contributed by atoms with E-state index in [2.05, 4.69) is 0 Å². The van der Waals surface area contributed by atoms with E-state index in [9.17, 15) is 19.3 Å². The number of morpholine rings is 1. The van der Waals surface area contributed by atoms with Crippen molar-refractivity contribution in [3.63, 3.8) is 0 Å². The summed E-state index contributed by atoms with van der Waals surface area (Å²) in [5.41, 5.74) is 4.90. The van der Waals surface area contributed by atoms with Crippen LogP contribution in [0.2, 0.25) is 0 Å². The Balaban J connectivity index is 2.18. The molecule has 2 N–H and O–H groups in total. The Morgan fingerprint density at radius 3 is 2.95 bits per heavy atom. The Bertz CT molecular complexity index is 537. The van der Waals surface area contributed by atoms with E-state index in [0.29, 0.717) is 13.2 Å². The van der Waals surface area contributed by atoms with Crippen LogP contribution in [-0.4, -0.2) is 48.1 Å². The molecule has 0 aliphatic carbocycles. The molecular weight excluding hydrogens is 269 g/mol. The van der Waals surface area contributed by atoms with Gasteiger partial charge in [0.05, 0.1) is 29.3 Å². The summed E-state index contributed by atoms with van der Waals surface area (Å²) in [5.74, 6) is -1.42. The van der Waals surface area contributed by atoms with E-state index in [1.165, 1.54) is 4.90 Å². The Morgan fingerprint density at radius 1 is 1.60 bits per heavy atom. The average molecular weight is 283 g/mol. The maximum Gasteiger partial charge on any atom is 0.272 e. The lowest BCUT2D eigenvalue weighted by atomic mass is 10.1. The first-order chi connectivity index (χ1) is 9.52. The van der Waals surface area contributed by atoms with Crippen molar-refractivity contribution in [3.8, 4) is 0 Å². The molecule has 1 saturated heterocycles. The van der Waals surface area contributed by atoms with Gasteiger partial charge in [0.1, 0.15) is 5.82 Å². The largest absolute Gasteiger partial charge is 0.373 e. The summed E-state index contributed by atoms with van der Waals surface area (Å²) in [7, 11) is 0. The zero-order chi connectivity index (χ0) is 14.7. The molecule has 1 atom stereocenters. The number of rotatable bonds is 3. The van der Waals surface area contributed by atoms with Crippen LogP contribution in [0, 0.1) is 15.9 Å². The third kappa shape index (κ3) is 2.91. The monoisotopic (exact) mass is 283 g/mol. The number of nitro groups is 1. The SMILES string of the molecule is NCC1CN(C(=O)c2ccc([N+](=O)[O-])cc2F)CCO1. The lowest BCUT2D eigenvalue weighted by molar-refractivity contribution is -0.385. The highest BCUT2D eigenvalue weighted by molar-refractivity contribution is 5.94. The number of non-ortho nitro benzene ring substituents is 1. The van der Waals surface area contributed by atoms with Gasteiger partial charge in [0.25, 0.3) is 11.6 Å². The number of amides is 1. The lowest BCUT2D eigenvalue weighted by Gasteiger charge is -2.32. The van der Waals surface area contributed by atoms with Crippen LogP contribution in [0.15, 0.2) is 18.2 Å². The fourth-order valence-corrected chi connectivity index (χ4v) is 2.01. The molecular formula is C12H14FN3O4. The average Bonchev–Trinajstić information content (AvgIpc) is 2.46. The van der Waals surface area contributed by atoms with Gasteiger partial charge in [0.15, 0.2) is 0 Å². The Kier molecular flexibility index (Phi) is 4.26. The van der Waals surface area contributed by atoms with Crippen LogP contribution in [0.5, 0.6) is 0 Å². The lowest BCUT2D eigenvalue weighted by Crippen LogP contribution is -2.48. The van der Waals surface area contributed by atoms with Gasteiger partial charge in [0.2, 0.25) is 0 Å². The van der Waals surface area contributed by atoms with Crippen LogP contribution in [0.25, 0.3) is 0 Å². The summed E-state index contributed by atoms with van der Waals surface area (Å²) in [4.78, 5) is 23.4. The van der Waals surface area contributed by atoms with Crippen molar-refractivity contribution in [2.24, 2.45) is 5.73 Å². The maximum atomic E-state index is 13.8. The van der Waals surface area contributed by atoms with Crippen molar-refractivity contribution >= 4 is 11.6 Å². The number of carbonyl (C=O) groups excluding carboxylic acids is 1. The molecule has 1 aliphatic rings. The number of benzene rings is 1. The van der Waals surface area contributed by atoms with Crippen LogP contribution >= 0.6 is 0 Å². The van der Waals surface area contributed by atoms with E-state index in [1.807, 2.05) is 0 Å². The molecule has 1 aromatic carbocycles. The number of hydrogen-bond donors (Lipinski definition) is 1. The molecule has 1 heterocycles. The molecule has 8 heteroatoms. The minimum Gasteiger partial charge on any atom is -0.373 e. The second-order valence-corrected chi connectivity index (χ2v) is 4.40. The van der Waals surface area contributed by atoms with E-state index < -0.39 is 16.6 Å². The number of nitro benzene ring substituents is 1. The van der Waals surface area contributed by atoms with Gasteiger partial charge in [-0.05, 0) is 6.07 Å². The normalized spacial score (nSPS) is 18.9. The molecule has 0 saturated carbocycles. The van der Waals surface area contributed by atoms with Crippen LogP contribution < -0.4 is 5.73 Å². The first kappa shape index (κ1) is 14.4. The second-order valence-electron chi connectivity index (χ2n) is 4.40. The molecule has 1 aliphatic heterocycles. The molecule has 0 spiro atoms. The van der Waals surface area contributed by atoms with Gasteiger partial charge in [-0.25, -0.2) is 4.39 Å². The summed E-state index contributed by atoms with van der Waals surface area (Å²) in [6, 6.07) is 2.98. The van der Waals surface area contributed by atoms with Gasteiger partial charge >= 0.3 is 0 Å². The number of carbonyl (C=O) groups is 1. The minimum atomic E-state index is -0.903. The van der Waals surface area contributed by atoms with Gasteiger partial charge in [-0.2, -0.15) is 0 Å². The van der Waals surface area contributed by atoms with Crippen LogP contribution in [0.4, 0.5) is 10.1 Å². The predicted octanol–water partition coefficient (Wildman–Crippen LogP) is 0.534. The summed E-state index contributed by atoms with van der Waals surface area (Å²) < 4.78 is 19.1. The molecule has 20 heavy (non-hydrogen) atoms. The molecule has 1 aromatic rings. The van der Waals surface area contributed by atoms with E-state index in [-0.39, 0.29) is 30.4 Å². The van der Waals surface area contributed by atoms with Crippen LogP contribution in [-0.2, 0) is 4.74 Å². The van der Waals surface area contributed by atoms with E-state index in [4.69, 9.17) is 10.5 Å². The van der Waals surface area contributed by atoms with Crippen LogP contribution in [0.3, 0.4) is 0 Å². The van der Waals surface area contributed by atoms with Crippen molar-refractivity contribution in [2.75, 3.05) is 26.2 Å². The summed E-state index contributed by atoms with van der Waals surface area (Å²) in [6.07, 6.45) is -0.270. The number of halogens is 1. The Labute approximate surface area is 114 Å². The summed E-state index contributed by atoms with van der Waals surface area (Å²) >= 11 is 0. The molecule has 108 valence electrons. The quantitative estimate of drug-likeness (QED) is 0.644. The number of nitrogens with two attached hydrogens (primary N) is 1. The zero-order valence-electron chi connectivity index (χ0n) is 10.6. The number of hydrogen-bond acceptors (Lipinski definition) is 5. The Hall–Kier alpha value is -2.06. The second kappa shape index (κ2) is 5.93. The highest BCUT2D eigenvalue weighted by Crippen LogP contribution is 2.19. The maximum absolute atomic E-state index is 13.8. The third-order valence-electron chi connectivity index (χ3n) is 3.08. The topological polar surface area (TPSA) is 98.7 Å². The molecule has 0 radical (unpaired) electrons. The zero-order valence-corrected chi connectivity index (χ0v) is 10.6. The van der Waals surface area contributed by atoms with Crippen molar-refractivity contribution in [1.82, 2.24) is 4.90 Å². The van der Waals surface area contributed by atoms with E-state index in [1.54, 1.807) is 0 Å². The Morgan fingerprint density at radius 2 is 2.35 bits per heavy atom. The van der Waals surface area contributed by atoms with Gasteiger partial charge in [0, 0.05) is 25.7 Å². The molecule has 1 fully saturated rings. The fourth-order valence-electron chi connectivity index (χ4n) is 2.01. The third-order valence-corrected chi connectivity index (χ3v) is 3.08. The van der Waals surface area contributed by atoms with Gasteiger partial charge in [-0.3, -0.25) is 14.9 Å². The van der Waals surface area contributed by atoms with Gasteiger partial charge in [-0.15, -0.1) is 0 Å². The smallest absolute Gasteiger partial charge is 0.272 e. The van der Waals surface area contributed by atoms with Crippen molar-refractivity contribution in [2.45, 2.75) is 6.10 Å². The predicted molar refractivity (Wildman–Crippen MR) is 67.8 cm³/mol. The summed E-state index contributed by atoms with van der Waals surface area (Å²) in [5, 5.41) is 10.5. The highest BCUT2D eigenvalue weighted by Gasteiger charge is 2.26. The summed E-state index contributed by atoms with van der Waals surface area (Å²) in [6.45, 7) is 1.23. The van der Waals surface area contributed by atoms with E-state index in [0.717, 1.165) is 18.2 Å². The molecule has 0 aromatic heterocycles. The molecule has 2 rings (SSSR count). The first-order valence-electron chi connectivity index (χ1n) is 6.08. The first-order valence-corrected chi connectivity index (χ1v) is 6.08. The minimum absolute atomic E-state index is 0.187.